The zero-order valence-electron chi connectivity index (χ0n) is 19.5. The lowest BCUT2D eigenvalue weighted by molar-refractivity contribution is -0.140. The van der Waals surface area contributed by atoms with Crippen LogP contribution >= 0.6 is 11.3 Å². The van der Waals surface area contributed by atoms with Crippen LogP contribution in [0.1, 0.15) is 42.3 Å². The highest BCUT2D eigenvalue weighted by Gasteiger charge is 2.46. The lowest BCUT2D eigenvalue weighted by Crippen LogP contribution is -2.31. The number of aliphatic hydroxyl groups excluding tert-OH is 1. The Kier molecular flexibility index (Phi) is 6.76. The van der Waals surface area contributed by atoms with Gasteiger partial charge >= 0.3 is 0 Å². The summed E-state index contributed by atoms with van der Waals surface area (Å²) in [6.45, 7) is 8.07. The number of ether oxygens (including phenoxy) is 2. The molecule has 1 aromatic heterocycles. The van der Waals surface area contributed by atoms with Crippen molar-refractivity contribution in [2.24, 2.45) is 0 Å². The third-order valence-corrected chi connectivity index (χ3v) is 7.08. The molecule has 33 heavy (non-hydrogen) atoms. The van der Waals surface area contributed by atoms with Gasteiger partial charge in [0.05, 0.1) is 30.0 Å². The van der Waals surface area contributed by atoms with E-state index >= 15 is 0 Å². The summed E-state index contributed by atoms with van der Waals surface area (Å²) in [5, 5.41) is 13.3. The number of amides is 1. The Morgan fingerprint density at radius 3 is 2.79 bits per heavy atom. The number of carbonyl (C=O) groups excluding carboxylic acids is 2. The molecule has 176 valence electrons. The van der Waals surface area contributed by atoms with Crippen molar-refractivity contribution in [3.8, 4) is 5.75 Å². The molecule has 1 amide bonds. The second-order valence-corrected chi connectivity index (χ2v) is 9.63. The van der Waals surface area contributed by atoms with Crippen LogP contribution < -0.4 is 9.64 Å². The Morgan fingerprint density at radius 2 is 2.09 bits per heavy atom. The third-order valence-electron chi connectivity index (χ3n) is 6.01. The zero-order chi connectivity index (χ0) is 23.7. The number of rotatable bonds is 7. The highest BCUT2D eigenvalue weighted by molar-refractivity contribution is 7.10. The average molecular weight is 471 g/mol. The smallest absolute Gasteiger partial charge is 0.295 e. The van der Waals surface area contributed by atoms with E-state index in [4.69, 9.17) is 9.47 Å². The van der Waals surface area contributed by atoms with Gasteiger partial charge in [-0.1, -0.05) is 0 Å². The van der Waals surface area contributed by atoms with E-state index in [0.717, 1.165) is 28.4 Å². The number of likely N-dealkylation sites (N-methyl/N-ethyl adjacent to an activating group) is 1. The first kappa shape index (κ1) is 23.3. The zero-order valence-corrected chi connectivity index (χ0v) is 20.3. The van der Waals surface area contributed by atoms with E-state index < -0.39 is 17.7 Å². The number of hydrogen-bond donors (Lipinski definition) is 1. The van der Waals surface area contributed by atoms with Gasteiger partial charge in [-0.25, -0.2) is 0 Å². The fourth-order valence-corrected chi connectivity index (χ4v) is 5.30. The van der Waals surface area contributed by atoms with Gasteiger partial charge in [0.1, 0.15) is 18.1 Å². The lowest BCUT2D eigenvalue weighted by Gasteiger charge is -2.28. The van der Waals surface area contributed by atoms with Crippen LogP contribution in [0.5, 0.6) is 5.75 Å². The summed E-state index contributed by atoms with van der Waals surface area (Å²) >= 11 is 1.49. The van der Waals surface area contributed by atoms with E-state index in [1.165, 1.54) is 11.3 Å². The molecule has 3 heterocycles. The van der Waals surface area contributed by atoms with Crippen molar-refractivity contribution < 1.29 is 24.2 Å². The van der Waals surface area contributed by atoms with Gasteiger partial charge in [-0.15, -0.1) is 11.3 Å². The first-order chi connectivity index (χ1) is 15.8. The van der Waals surface area contributed by atoms with Crippen molar-refractivity contribution in [1.29, 1.82) is 0 Å². The Hall–Kier alpha value is -2.84. The van der Waals surface area contributed by atoms with Gasteiger partial charge in [-0.3, -0.25) is 9.59 Å². The molecule has 7 nitrogen and oxygen atoms in total. The number of anilines is 1. The normalized spacial score (nSPS) is 19.8. The van der Waals surface area contributed by atoms with E-state index in [1.54, 1.807) is 17.0 Å². The fraction of sp³-hybridized carbons (Fsp3) is 0.440. The van der Waals surface area contributed by atoms with E-state index in [9.17, 15) is 14.7 Å². The summed E-state index contributed by atoms with van der Waals surface area (Å²) in [5.74, 6) is -0.667. The number of fused-ring (bicyclic) bond motifs is 1. The Morgan fingerprint density at radius 1 is 1.30 bits per heavy atom. The number of aryl methyl sites for hydroxylation is 1. The second-order valence-electron chi connectivity index (χ2n) is 8.69. The molecule has 2 aromatic rings. The van der Waals surface area contributed by atoms with Gasteiger partial charge < -0.3 is 24.4 Å². The molecule has 0 aliphatic carbocycles. The summed E-state index contributed by atoms with van der Waals surface area (Å²) in [7, 11) is 1.96. The predicted octanol–water partition coefficient (Wildman–Crippen LogP) is 4.12. The van der Waals surface area contributed by atoms with Crippen molar-refractivity contribution >= 4 is 34.5 Å². The maximum Gasteiger partial charge on any atom is 0.295 e. The number of likely N-dealkylation sites (tertiary alicyclic amines) is 1. The molecular weight excluding hydrogens is 440 g/mol. The largest absolute Gasteiger partial charge is 0.507 e. The minimum atomic E-state index is -0.655. The van der Waals surface area contributed by atoms with Crippen molar-refractivity contribution in [3.63, 3.8) is 0 Å². The molecular formula is C25H30N2O5S. The van der Waals surface area contributed by atoms with Crippen molar-refractivity contribution in [3.05, 3.63) is 51.2 Å². The summed E-state index contributed by atoms with van der Waals surface area (Å²) < 4.78 is 11.3. The van der Waals surface area contributed by atoms with Crippen LogP contribution in [0.15, 0.2) is 35.2 Å². The first-order valence-corrected chi connectivity index (χ1v) is 12.1. The number of ketones is 1. The number of hydrogen-bond acceptors (Lipinski definition) is 7. The molecule has 1 saturated heterocycles. The molecule has 0 saturated carbocycles. The molecule has 0 spiro atoms. The number of Topliss-reactive ketones (excluding diaryl/α,β-unsaturated/α-hetero) is 1. The number of benzene rings is 1. The van der Waals surface area contributed by atoms with E-state index in [0.29, 0.717) is 31.7 Å². The van der Waals surface area contributed by atoms with Crippen molar-refractivity contribution in [1.82, 2.24) is 4.90 Å². The maximum atomic E-state index is 13.2. The van der Waals surface area contributed by atoms with Crippen LogP contribution in [0.4, 0.5) is 5.69 Å². The molecule has 1 fully saturated rings. The molecule has 4 rings (SSSR count). The van der Waals surface area contributed by atoms with Gasteiger partial charge in [-0.2, -0.15) is 0 Å². The predicted molar refractivity (Wildman–Crippen MR) is 129 cm³/mol. The van der Waals surface area contributed by atoms with Crippen LogP contribution in [0.25, 0.3) is 5.76 Å². The van der Waals surface area contributed by atoms with Crippen molar-refractivity contribution in [2.75, 3.05) is 38.3 Å². The topological polar surface area (TPSA) is 79.3 Å². The lowest BCUT2D eigenvalue weighted by atomic mass is 9.98. The van der Waals surface area contributed by atoms with Crippen LogP contribution in [0.2, 0.25) is 0 Å². The standard InChI is InChI=1S/C25H30N2O5S/c1-15(2)31-11-5-9-27-21(24-16(3)8-13-33-24)20(23(29)25(27)30)22(28)17-6-7-19-18(14-17)26(4)10-12-32-19/h6-8,13-15,21,28H,5,9-12H2,1-4H3/b22-20-. The van der Waals surface area contributed by atoms with Gasteiger partial charge in [0.15, 0.2) is 0 Å². The van der Waals surface area contributed by atoms with Crippen LogP contribution in [0.3, 0.4) is 0 Å². The molecule has 2 aliphatic rings. The molecule has 1 N–H and O–H groups in total. The molecule has 1 aromatic carbocycles. The fourth-order valence-electron chi connectivity index (χ4n) is 4.26. The quantitative estimate of drug-likeness (QED) is 0.284. The highest BCUT2D eigenvalue weighted by atomic mass is 32.1. The summed E-state index contributed by atoms with van der Waals surface area (Å²) in [6, 6.07) is 6.69. The summed E-state index contributed by atoms with van der Waals surface area (Å²) in [6.07, 6.45) is 0.703. The molecule has 1 atom stereocenters. The Balaban J connectivity index is 1.74. The number of nitrogens with zero attached hydrogens (tertiary/aromatic N) is 2. The van der Waals surface area contributed by atoms with Gasteiger partial charge in [0.25, 0.3) is 11.7 Å². The first-order valence-electron chi connectivity index (χ1n) is 11.2. The van der Waals surface area contributed by atoms with Crippen LogP contribution in [-0.4, -0.2) is 61.2 Å². The minimum absolute atomic E-state index is 0.0990. The maximum absolute atomic E-state index is 13.2. The highest BCUT2D eigenvalue weighted by Crippen LogP contribution is 2.43. The molecule has 1 unspecified atom stereocenters. The van der Waals surface area contributed by atoms with E-state index in [-0.39, 0.29) is 17.4 Å². The third kappa shape index (κ3) is 4.50. The molecule has 0 bridgehead atoms. The molecule has 8 heteroatoms. The minimum Gasteiger partial charge on any atom is -0.507 e. The average Bonchev–Trinajstić information content (AvgIpc) is 3.31. The summed E-state index contributed by atoms with van der Waals surface area (Å²) in [4.78, 5) is 30.7. The molecule has 2 aliphatic heterocycles. The summed E-state index contributed by atoms with van der Waals surface area (Å²) in [5.41, 5.74) is 2.45. The van der Waals surface area contributed by atoms with E-state index in [1.807, 2.05) is 50.2 Å². The second kappa shape index (κ2) is 9.57. The van der Waals surface area contributed by atoms with Gasteiger partial charge in [-0.05, 0) is 62.4 Å². The van der Waals surface area contributed by atoms with Gasteiger partial charge in [0.2, 0.25) is 0 Å². The number of aliphatic hydroxyl groups is 1. The van der Waals surface area contributed by atoms with Crippen LogP contribution in [-0.2, 0) is 14.3 Å². The van der Waals surface area contributed by atoms with Gasteiger partial charge in [0, 0.05) is 30.6 Å². The monoisotopic (exact) mass is 470 g/mol. The van der Waals surface area contributed by atoms with Crippen molar-refractivity contribution in [2.45, 2.75) is 39.3 Å². The Labute approximate surface area is 198 Å². The SMILES string of the molecule is Cc1ccsc1C1/C(=C(/O)c2ccc3c(c2)N(C)CCO3)C(=O)C(=O)N1CCCOC(C)C. The molecule has 0 radical (unpaired) electrons. The Bertz CT molecular complexity index is 1090. The number of thiophene rings is 1. The van der Waals surface area contributed by atoms with E-state index in [2.05, 4.69) is 0 Å². The van der Waals surface area contributed by atoms with Crippen LogP contribution in [0, 0.1) is 6.92 Å². The number of carbonyl (C=O) groups is 2.